The van der Waals surface area contributed by atoms with Crippen molar-refractivity contribution < 1.29 is 13.7 Å². The molecule has 1 aliphatic rings. The van der Waals surface area contributed by atoms with Gasteiger partial charge in [0.05, 0.1) is 17.9 Å². The number of rotatable bonds is 1. The summed E-state index contributed by atoms with van der Waals surface area (Å²) in [6.45, 7) is 1.81. The van der Waals surface area contributed by atoms with Crippen LogP contribution in [-0.4, -0.2) is 22.9 Å². The van der Waals surface area contributed by atoms with Gasteiger partial charge in [-0.2, -0.15) is 0 Å². The predicted octanol–water partition coefficient (Wildman–Crippen LogP) is 1.64. The molecule has 0 N–H and O–H groups in total. The van der Waals surface area contributed by atoms with E-state index in [2.05, 4.69) is 0 Å². The average molecular weight is 224 g/mol. The Labute approximate surface area is 90.9 Å². The fourth-order valence-corrected chi connectivity index (χ4v) is 3.09. The Bertz CT molecular complexity index is 439. The van der Waals surface area contributed by atoms with Crippen molar-refractivity contribution >= 4 is 16.6 Å². The standard InChI is InChI=1S/C11H12O3S/c1-7-6-15(13)10-4-3-8(14-2)5-9(10)11(7)12/h3-5,7H,6H2,1-2H3. The molecular weight excluding hydrogens is 212 g/mol. The maximum Gasteiger partial charge on any atom is 0.167 e. The summed E-state index contributed by atoms with van der Waals surface area (Å²) in [6.07, 6.45) is 0. The summed E-state index contributed by atoms with van der Waals surface area (Å²) < 4.78 is 16.8. The van der Waals surface area contributed by atoms with Crippen LogP contribution >= 0.6 is 0 Å². The normalized spacial score (nSPS) is 24.8. The summed E-state index contributed by atoms with van der Waals surface area (Å²) in [7, 11) is 0.498. The van der Waals surface area contributed by atoms with Gasteiger partial charge in [0.2, 0.25) is 0 Å². The highest BCUT2D eigenvalue weighted by Gasteiger charge is 2.28. The maximum absolute atomic E-state index is 11.8. The predicted molar refractivity (Wildman–Crippen MR) is 57.8 cm³/mol. The van der Waals surface area contributed by atoms with Gasteiger partial charge in [0.25, 0.3) is 0 Å². The first-order chi connectivity index (χ1) is 7.13. The molecule has 1 aromatic carbocycles. The highest BCUT2D eigenvalue weighted by molar-refractivity contribution is 7.85. The lowest BCUT2D eigenvalue weighted by molar-refractivity contribution is 0.0934. The minimum absolute atomic E-state index is 0.0588. The average Bonchev–Trinajstić information content (AvgIpc) is 2.25. The Hall–Kier alpha value is -1.16. The van der Waals surface area contributed by atoms with E-state index in [4.69, 9.17) is 4.74 Å². The van der Waals surface area contributed by atoms with E-state index in [1.165, 1.54) is 0 Å². The van der Waals surface area contributed by atoms with Crippen molar-refractivity contribution in [2.24, 2.45) is 5.92 Å². The Morgan fingerprint density at radius 1 is 1.47 bits per heavy atom. The van der Waals surface area contributed by atoms with E-state index in [0.717, 1.165) is 0 Å². The number of carbonyl (C=O) groups excluding carboxylic acids is 1. The number of benzene rings is 1. The quantitative estimate of drug-likeness (QED) is 0.728. The summed E-state index contributed by atoms with van der Waals surface area (Å²) in [5.41, 5.74) is 0.548. The molecule has 2 rings (SSSR count). The maximum atomic E-state index is 11.8. The van der Waals surface area contributed by atoms with Gasteiger partial charge < -0.3 is 4.74 Å². The molecule has 0 aliphatic carbocycles. The van der Waals surface area contributed by atoms with Crippen LogP contribution < -0.4 is 4.74 Å². The lowest BCUT2D eigenvalue weighted by Gasteiger charge is -2.19. The third kappa shape index (κ3) is 1.69. The van der Waals surface area contributed by atoms with E-state index >= 15 is 0 Å². The summed E-state index contributed by atoms with van der Waals surface area (Å²) in [5, 5.41) is 0. The highest BCUT2D eigenvalue weighted by atomic mass is 32.2. The molecule has 0 spiro atoms. The molecule has 3 nitrogen and oxygen atoms in total. The molecule has 0 amide bonds. The zero-order valence-corrected chi connectivity index (χ0v) is 9.47. The second-order valence-electron chi connectivity index (χ2n) is 3.64. The number of ether oxygens (including phenoxy) is 1. The van der Waals surface area contributed by atoms with Gasteiger partial charge in [-0.15, -0.1) is 0 Å². The first-order valence-corrected chi connectivity index (χ1v) is 6.06. The molecule has 15 heavy (non-hydrogen) atoms. The molecule has 4 heteroatoms. The van der Waals surface area contributed by atoms with E-state index < -0.39 is 10.8 Å². The topological polar surface area (TPSA) is 43.4 Å². The monoisotopic (exact) mass is 224 g/mol. The van der Waals surface area contributed by atoms with E-state index in [1.807, 2.05) is 6.92 Å². The number of ketones is 1. The third-order valence-electron chi connectivity index (χ3n) is 2.55. The van der Waals surface area contributed by atoms with Crippen LogP contribution in [0.3, 0.4) is 0 Å². The van der Waals surface area contributed by atoms with Gasteiger partial charge in [-0.1, -0.05) is 6.92 Å². The van der Waals surface area contributed by atoms with Gasteiger partial charge in [0, 0.05) is 22.1 Å². The lowest BCUT2D eigenvalue weighted by atomic mass is 10.0. The SMILES string of the molecule is COc1ccc2c(c1)C(=O)C(C)CS2=O. The van der Waals surface area contributed by atoms with E-state index in [9.17, 15) is 9.00 Å². The van der Waals surface area contributed by atoms with E-state index in [1.54, 1.807) is 25.3 Å². The van der Waals surface area contributed by atoms with Crippen LogP contribution in [0.1, 0.15) is 17.3 Å². The van der Waals surface area contributed by atoms with Crippen LogP contribution in [-0.2, 0) is 10.8 Å². The number of carbonyl (C=O) groups is 1. The fourth-order valence-electron chi connectivity index (χ4n) is 1.69. The number of hydrogen-bond donors (Lipinski definition) is 0. The molecule has 80 valence electrons. The van der Waals surface area contributed by atoms with Crippen molar-refractivity contribution in [1.82, 2.24) is 0 Å². The molecule has 0 saturated heterocycles. The van der Waals surface area contributed by atoms with Gasteiger partial charge in [-0.25, -0.2) is 0 Å². The summed E-state index contributed by atoms with van der Waals surface area (Å²) in [6, 6.07) is 5.12. The van der Waals surface area contributed by atoms with Gasteiger partial charge in [-0.05, 0) is 18.2 Å². The highest BCUT2D eigenvalue weighted by Crippen LogP contribution is 2.28. The van der Waals surface area contributed by atoms with Gasteiger partial charge in [-0.3, -0.25) is 9.00 Å². The molecule has 0 radical (unpaired) electrons. The minimum Gasteiger partial charge on any atom is -0.497 e. The number of methoxy groups -OCH3 is 1. The molecule has 2 unspecified atom stereocenters. The van der Waals surface area contributed by atoms with Crippen LogP contribution in [0.25, 0.3) is 0 Å². The molecule has 0 saturated carbocycles. The molecule has 2 atom stereocenters. The van der Waals surface area contributed by atoms with Gasteiger partial charge in [0.15, 0.2) is 5.78 Å². The van der Waals surface area contributed by atoms with E-state index in [-0.39, 0.29) is 11.7 Å². The Balaban J connectivity index is 2.57. The Morgan fingerprint density at radius 2 is 2.20 bits per heavy atom. The summed E-state index contributed by atoms with van der Waals surface area (Å²) >= 11 is 0. The van der Waals surface area contributed by atoms with Crippen LogP contribution in [0, 0.1) is 5.92 Å². The van der Waals surface area contributed by atoms with Crippen LogP contribution in [0.15, 0.2) is 23.1 Å². The smallest absolute Gasteiger partial charge is 0.167 e. The van der Waals surface area contributed by atoms with Crippen molar-refractivity contribution in [2.75, 3.05) is 12.9 Å². The second kappa shape index (κ2) is 3.77. The van der Waals surface area contributed by atoms with Crippen molar-refractivity contribution in [3.8, 4) is 5.75 Å². The molecule has 1 aromatic rings. The van der Waals surface area contributed by atoms with Crippen molar-refractivity contribution in [3.05, 3.63) is 23.8 Å². The largest absolute Gasteiger partial charge is 0.497 e. The first-order valence-electron chi connectivity index (χ1n) is 4.74. The number of Topliss-reactive ketones (excluding diaryl/α,β-unsaturated/α-hetero) is 1. The second-order valence-corrected chi connectivity index (χ2v) is 5.10. The van der Waals surface area contributed by atoms with Crippen LogP contribution in [0.5, 0.6) is 5.75 Å². The van der Waals surface area contributed by atoms with Gasteiger partial charge in [0.1, 0.15) is 5.75 Å². The summed E-state index contributed by atoms with van der Waals surface area (Å²) in [4.78, 5) is 12.5. The Morgan fingerprint density at radius 3 is 2.87 bits per heavy atom. The van der Waals surface area contributed by atoms with Crippen molar-refractivity contribution in [1.29, 1.82) is 0 Å². The fraction of sp³-hybridized carbons (Fsp3) is 0.364. The van der Waals surface area contributed by atoms with Crippen molar-refractivity contribution in [3.63, 3.8) is 0 Å². The van der Waals surface area contributed by atoms with Crippen LogP contribution in [0.4, 0.5) is 0 Å². The Kier molecular flexibility index (Phi) is 2.61. The van der Waals surface area contributed by atoms with Crippen molar-refractivity contribution in [2.45, 2.75) is 11.8 Å². The number of fused-ring (bicyclic) bond motifs is 1. The third-order valence-corrected chi connectivity index (χ3v) is 4.20. The summed E-state index contributed by atoms with van der Waals surface area (Å²) in [5.74, 6) is 0.958. The zero-order valence-electron chi connectivity index (χ0n) is 8.65. The van der Waals surface area contributed by atoms with Crippen LogP contribution in [0.2, 0.25) is 0 Å². The molecule has 1 heterocycles. The first kappa shape index (κ1) is 10.4. The number of hydrogen-bond acceptors (Lipinski definition) is 3. The lowest BCUT2D eigenvalue weighted by Crippen LogP contribution is -2.25. The minimum atomic E-state index is -1.05. The molecular formula is C11H12O3S. The van der Waals surface area contributed by atoms with E-state index in [0.29, 0.717) is 22.0 Å². The molecule has 0 bridgehead atoms. The molecule has 0 aromatic heterocycles. The molecule has 1 aliphatic heterocycles. The molecule has 0 fully saturated rings. The van der Waals surface area contributed by atoms with Gasteiger partial charge >= 0.3 is 0 Å². The zero-order chi connectivity index (χ0) is 11.0.